The standard InChI is InChI=1S/C28H29N3O5/c29-28(34)25-16-31-26-9-5-4-8-24(26)27(25)36-23-12-10-19(11-13-23)14-20(17-32)30-15-21(33)18-35-22-6-2-1-3-7-22/h1-13,16,20-21,30,32-33H,14-15,17-18H2,(H2,29,34)/t20-,21-/m0/s1. The Balaban J connectivity index is 1.35. The van der Waals surface area contributed by atoms with Crippen LogP contribution < -0.4 is 20.5 Å². The molecule has 1 amide bonds. The van der Waals surface area contributed by atoms with Gasteiger partial charge in [-0.2, -0.15) is 0 Å². The summed E-state index contributed by atoms with van der Waals surface area (Å²) < 4.78 is 11.6. The molecule has 5 N–H and O–H groups in total. The molecule has 1 heterocycles. The lowest BCUT2D eigenvalue weighted by Crippen LogP contribution is -2.41. The van der Waals surface area contributed by atoms with Crippen LogP contribution in [0, 0.1) is 0 Å². The molecule has 3 aromatic carbocycles. The van der Waals surface area contributed by atoms with Crippen LogP contribution in [-0.4, -0.2) is 53.0 Å². The van der Waals surface area contributed by atoms with Crippen molar-refractivity contribution in [2.45, 2.75) is 18.6 Å². The number of pyridine rings is 1. The van der Waals surface area contributed by atoms with Crippen LogP contribution in [0.1, 0.15) is 15.9 Å². The van der Waals surface area contributed by atoms with Gasteiger partial charge in [0.2, 0.25) is 0 Å². The Hall–Kier alpha value is -3.98. The number of para-hydroxylation sites is 2. The average molecular weight is 488 g/mol. The van der Waals surface area contributed by atoms with Gasteiger partial charge in [0.1, 0.15) is 29.8 Å². The van der Waals surface area contributed by atoms with Crippen molar-refractivity contribution in [3.8, 4) is 17.2 Å². The number of carbonyl (C=O) groups is 1. The minimum Gasteiger partial charge on any atom is -0.491 e. The van der Waals surface area contributed by atoms with E-state index < -0.39 is 12.0 Å². The minimum absolute atomic E-state index is 0.0878. The van der Waals surface area contributed by atoms with Gasteiger partial charge in [-0.1, -0.05) is 42.5 Å². The van der Waals surface area contributed by atoms with E-state index in [1.807, 2.05) is 66.7 Å². The molecule has 2 atom stereocenters. The van der Waals surface area contributed by atoms with E-state index in [4.69, 9.17) is 15.2 Å². The van der Waals surface area contributed by atoms with E-state index in [0.29, 0.717) is 34.6 Å². The first-order chi connectivity index (χ1) is 17.5. The molecular formula is C28H29N3O5. The topological polar surface area (TPSA) is 127 Å². The number of nitrogens with one attached hydrogen (secondary N) is 1. The Morgan fingerprint density at radius 3 is 2.42 bits per heavy atom. The van der Waals surface area contributed by atoms with Crippen LogP contribution in [0.3, 0.4) is 0 Å². The number of aliphatic hydroxyl groups is 2. The maximum absolute atomic E-state index is 11.9. The smallest absolute Gasteiger partial charge is 0.254 e. The summed E-state index contributed by atoms with van der Waals surface area (Å²) in [5.74, 6) is 0.982. The Morgan fingerprint density at radius 2 is 1.69 bits per heavy atom. The highest BCUT2D eigenvalue weighted by atomic mass is 16.5. The number of rotatable bonds is 12. The Bertz CT molecular complexity index is 1280. The zero-order valence-electron chi connectivity index (χ0n) is 19.7. The molecule has 8 nitrogen and oxygen atoms in total. The quantitative estimate of drug-likeness (QED) is 0.242. The van der Waals surface area contributed by atoms with Gasteiger partial charge in [-0.15, -0.1) is 0 Å². The number of benzene rings is 3. The van der Waals surface area contributed by atoms with E-state index >= 15 is 0 Å². The van der Waals surface area contributed by atoms with E-state index in [9.17, 15) is 15.0 Å². The Kier molecular flexibility index (Phi) is 8.46. The fourth-order valence-electron chi connectivity index (χ4n) is 3.77. The van der Waals surface area contributed by atoms with Crippen LogP contribution in [0.25, 0.3) is 10.9 Å². The lowest BCUT2D eigenvalue weighted by atomic mass is 10.1. The van der Waals surface area contributed by atoms with Crippen molar-refractivity contribution in [3.63, 3.8) is 0 Å². The third-order valence-electron chi connectivity index (χ3n) is 5.66. The number of primary amides is 1. The van der Waals surface area contributed by atoms with Crippen LogP contribution in [0.4, 0.5) is 0 Å². The fourth-order valence-corrected chi connectivity index (χ4v) is 3.77. The predicted molar refractivity (Wildman–Crippen MR) is 137 cm³/mol. The van der Waals surface area contributed by atoms with E-state index in [0.717, 1.165) is 5.56 Å². The average Bonchev–Trinajstić information content (AvgIpc) is 2.91. The number of nitrogens with two attached hydrogens (primary N) is 1. The molecule has 0 saturated carbocycles. The third kappa shape index (κ3) is 6.57. The molecule has 36 heavy (non-hydrogen) atoms. The van der Waals surface area contributed by atoms with Gasteiger partial charge in [0.25, 0.3) is 5.91 Å². The fraction of sp³-hybridized carbons (Fsp3) is 0.214. The van der Waals surface area contributed by atoms with Crippen molar-refractivity contribution in [2.75, 3.05) is 19.8 Å². The van der Waals surface area contributed by atoms with Gasteiger partial charge in [-0.25, -0.2) is 0 Å². The van der Waals surface area contributed by atoms with Crippen molar-refractivity contribution >= 4 is 16.8 Å². The van der Waals surface area contributed by atoms with Crippen molar-refractivity contribution in [1.82, 2.24) is 10.3 Å². The normalized spacial score (nSPS) is 12.7. The highest BCUT2D eigenvalue weighted by molar-refractivity contribution is 6.01. The second-order valence-electron chi connectivity index (χ2n) is 8.40. The first-order valence-electron chi connectivity index (χ1n) is 11.7. The van der Waals surface area contributed by atoms with Crippen LogP contribution >= 0.6 is 0 Å². The van der Waals surface area contributed by atoms with Crippen LogP contribution in [0.15, 0.2) is 85.1 Å². The second-order valence-corrected chi connectivity index (χ2v) is 8.40. The van der Waals surface area contributed by atoms with Crippen molar-refractivity contribution in [3.05, 3.63) is 96.2 Å². The number of hydrogen-bond acceptors (Lipinski definition) is 7. The van der Waals surface area contributed by atoms with Gasteiger partial charge in [-0.3, -0.25) is 9.78 Å². The molecule has 186 valence electrons. The molecule has 0 spiro atoms. The SMILES string of the molecule is NC(=O)c1cnc2ccccc2c1Oc1ccc(C[C@@H](CO)NC[C@H](O)COc2ccccc2)cc1. The van der Waals surface area contributed by atoms with Crippen molar-refractivity contribution < 1.29 is 24.5 Å². The highest BCUT2D eigenvalue weighted by Gasteiger charge is 2.16. The second kappa shape index (κ2) is 12.1. The van der Waals surface area contributed by atoms with Crippen molar-refractivity contribution in [1.29, 1.82) is 0 Å². The largest absolute Gasteiger partial charge is 0.491 e. The summed E-state index contributed by atoms with van der Waals surface area (Å²) in [5, 5.41) is 23.9. The maximum Gasteiger partial charge on any atom is 0.254 e. The zero-order valence-corrected chi connectivity index (χ0v) is 19.7. The van der Waals surface area contributed by atoms with E-state index in [2.05, 4.69) is 10.3 Å². The summed E-state index contributed by atoms with van der Waals surface area (Å²) in [6.45, 7) is 0.345. The molecule has 1 aromatic heterocycles. The van der Waals surface area contributed by atoms with Gasteiger partial charge in [0, 0.05) is 24.2 Å². The molecule has 4 aromatic rings. The van der Waals surface area contributed by atoms with Crippen LogP contribution in [0.2, 0.25) is 0 Å². The number of amides is 1. The monoisotopic (exact) mass is 487 g/mol. The number of aliphatic hydroxyl groups excluding tert-OH is 2. The molecule has 0 saturated heterocycles. The third-order valence-corrected chi connectivity index (χ3v) is 5.66. The summed E-state index contributed by atoms with van der Waals surface area (Å²) in [7, 11) is 0. The van der Waals surface area contributed by atoms with E-state index in [-0.39, 0.29) is 31.4 Å². The van der Waals surface area contributed by atoms with Crippen LogP contribution in [0.5, 0.6) is 17.2 Å². The van der Waals surface area contributed by atoms with Crippen LogP contribution in [-0.2, 0) is 6.42 Å². The molecule has 0 aliphatic heterocycles. The molecule has 0 unspecified atom stereocenters. The maximum atomic E-state index is 11.9. The van der Waals surface area contributed by atoms with Gasteiger partial charge in [0.15, 0.2) is 5.75 Å². The highest BCUT2D eigenvalue weighted by Crippen LogP contribution is 2.32. The Morgan fingerprint density at radius 1 is 0.972 bits per heavy atom. The Labute approximate surface area is 209 Å². The molecular weight excluding hydrogens is 458 g/mol. The van der Waals surface area contributed by atoms with Gasteiger partial charge < -0.3 is 30.7 Å². The van der Waals surface area contributed by atoms with Gasteiger partial charge in [0.05, 0.1) is 12.1 Å². The predicted octanol–water partition coefficient (Wildman–Crippen LogP) is 3.06. The molecule has 0 bridgehead atoms. The first-order valence-corrected chi connectivity index (χ1v) is 11.7. The summed E-state index contributed by atoms with van der Waals surface area (Å²) in [6, 6.07) is 23.8. The lowest BCUT2D eigenvalue weighted by Gasteiger charge is -2.19. The number of nitrogens with zero attached hydrogens (tertiary/aromatic N) is 1. The van der Waals surface area contributed by atoms with Crippen molar-refractivity contribution in [2.24, 2.45) is 5.73 Å². The molecule has 0 aliphatic carbocycles. The molecule has 8 heteroatoms. The van der Waals surface area contributed by atoms with E-state index in [1.165, 1.54) is 6.20 Å². The number of fused-ring (bicyclic) bond motifs is 1. The number of ether oxygens (including phenoxy) is 2. The molecule has 4 rings (SSSR count). The van der Waals surface area contributed by atoms with Gasteiger partial charge >= 0.3 is 0 Å². The summed E-state index contributed by atoms with van der Waals surface area (Å²) in [4.78, 5) is 16.2. The summed E-state index contributed by atoms with van der Waals surface area (Å²) in [6.07, 6.45) is 1.25. The number of hydrogen-bond donors (Lipinski definition) is 4. The number of aromatic nitrogens is 1. The molecule has 0 aliphatic rings. The van der Waals surface area contributed by atoms with Gasteiger partial charge in [-0.05, 0) is 48.4 Å². The molecule has 0 radical (unpaired) electrons. The molecule has 0 fully saturated rings. The van der Waals surface area contributed by atoms with E-state index in [1.54, 1.807) is 12.1 Å². The summed E-state index contributed by atoms with van der Waals surface area (Å²) >= 11 is 0. The number of carbonyl (C=O) groups excluding carboxylic acids is 1. The lowest BCUT2D eigenvalue weighted by molar-refractivity contribution is 0.0995. The zero-order chi connectivity index (χ0) is 25.3. The first kappa shape index (κ1) is 25.1. The summed E-state index contributed by atoms with van der Waals surface area (Å²) in [5.41, 5.74) is 7.41. The minimum atomic E-state index is -0.718.